The molecular formula is C20H33N3O3S. The molecule has 3 unspecified atom stereocenters. The van der Waals surface area contributed by atoms with Crippen molar-refractivity contribution in [3.05, 3.63) is 22.4 Å². The zero-order chi connectivity index (χ0) is 20.4. The number of amides is 3. The molecule has 3 amide bonds. The number of likely N-dealkylation sites (tertiary alicyclic amines) is 1. The minimum absolute atomic E-state index is 0.0119. The summed E-state index contributed by atoms with van der Waals surface area (Å²) in [7, 11) is 0. The summed E-state index contributed by atoms with van der Waals surface area (Å²) < 4.78 is 0. The summed E-state index contributed by atoms with van der Waals surface area (Å²) in [4.78, 5) is 28.2. The fraction of sp³-hybridized carbons (Fsp3) is 0.700. The van der Waals surface area contributed by atoms with Crippen molar-refractivity contribution in [3.63, 3.8) is 0 Å². The van der Waals surface area contributed by atoms with Crippen molar-refractivity contribution in [1.29, 1.82) is 0 Å². The second kappa shape index (κ2) is 8.19. The van der Waals surface area contributed by atoms with Crippen molar-refractivity contribution >= 4 is 23.3 Å². The molecule has 0 radical (unpaired) electrons. The minimum atomic E-state index is -1.10. The molecule has 1 aromatic heterocycles. The molecule has 3 N–H and O–H groups in total. The number of nitrogens with one attached hydrogen (secondary N) is 2. The lowest BCUT2D eigenvalue weighted by molar-refractivity contribution is -0.129. The summed E-state index contributed by atoms with van der Waals surface area (Å²) in [6, 6.07) is 2.74. The van der Waals surface area contributed by atoms with E-state index in [1.54, 1.807) is 11.8 Å². The number of aliphatic hydroxyl groups is 1. The number of piperidine rings is 1. The Bertz CT molecular complexity index is 650. The zero-order valence-corrected chi connectivity index (χ0v) is 18.0. The highest BCUT2D eigenvalue weighted by atomic mass is 32.1. The molecule has 1 aliphatic rings. The summed E-state index contributed by atoms with van der Waals surface area (Å²) in [5, 5.41) is 19.0. The van der Waals surface area contributed by atoms with Crippen LogP contribution in [0.15, 0.2) is 17.5 Å². The van der Waals surface area contributed by atoms with Gasteiger partial charge < -0.3 is 20.6 Å². The predicted octanol–water partition coefficient (Wildman–Crippen LogP) is 3.28. The second-order valence-corrected chi connectivity index (χ2v) is 10.1. The molecule has 2 rings (SSSR count). The SMILES string of the molecule is CC(C)NC(=O)N1CCC(C)(O)C(NC(=O)CC(C)(C)C)C1c1cccs1. The summed E-state index contributed by atoms with van der Waals surface area (Å²) >= 11 is 1.53. The zero-order valence-electron chi connectivity index (χ0n) is 17.2. The maximum Gasteiger partial charge on any atom is 0.318 e. The van der Waals surface area contributed by atoms with Gasteiger partial charge in [0.1, 0.15) is 0 Å². The van der Waals surface area contributed by atoms with Gasteiger partial charge in [-0.3, -0.25) is 4.79 Å². The normalized spacial score (nSPS) is 26.1. The summed E-state index contributed by atoms with van der Waals surface area (Å²) in [6.45, 7) is 12.0. The third kappa shape index (κ3) is 5.69. The second-order valence-electron chi connectivity index (χ2n) is 9.15. The quantitative estimate of drug-likeness (QED) is 0.732. The van der Waals surface area contributed by atoms with Crippen LogP contribution < -0.4 is 10.6 Å². The van der Waals surface area contributed by atoms with Gasteiger partial charge in [0, 0.05) is 23.9 Å². The van der Waals surface area contributed by atoms with Crippen LogP contribution in [0.2, 0.25) is 0 Å². The van der Waals surface area contributed by atoms with Gasteiger partial charge in [0.15, 0.2) is 0 Å². The Morgan fingerprint density at radius 1 is 1.41 bits per heavy atom. The molecule has 6 nitrogen and oxygen atoms in total. The Balaban J connectivity index is 2.35. The van der Waals surface area contributed by atoms with Crippen LogP contribution in [-0.2, 0) is 4.79 Å². The first-order valence-corrected chi connectivity index (χ1v) is 10.4. The molecule has 152 valence electrons. The van der Waals surface area contributed by atoms with E-state index in [-0.39, 0.29) is 23.4 Å². The highest BCUT2D eigenvalue weighted by Crippen LogP contribution is 2.39. The van der Waals surface area contributed by atoms with Crippen molar-refractivity contribution < 1.29 is 14.7 Å². The van der Waals surface area contributed by atoms with Gasteiger partial charge in [0.2, 0.25) is 5.91 Å². The Labute approximate surface area is 166 Å². The van der Waals surface area contributed by atoms with Gasteiger partial charge in [0.05, 0.1) is 17.7 Å². The summed E-state index contributed by atoms with van der Waals surface area (Å²) in [6.07, 6.45) is 0.760. The van der Waals surface area contributed by atoms with Crippen LogP contribution in [0.4, 0.5) is 4.79 Å². The lowest BCUT2D eigenvalue weighted by atomic mass is 9.81. The summed E-state index contributed by atoms with van der Waals surface area (Å²) in [5.41, 5.74) is -1.26. The first-order valence-electron chi connectivity index (χ1n) is 9.53. The van der Waals surface area contributed by atoms with Crippen molar-refractivity contribution in [2.24, 2.45) is 5.41 Å². The van der Waals surface area contributed by atoms with E-state index >= 15 is 0 Å². The molecule has 3 atom stereocenters. The van der Waals surface area contributed by atoms with Crippen molar-refractivity contribution in [2.45, 2.75) is 78.1 Å². The first-order chi connectivity index (χ1) is 12.4. The van der Waals surface area contributed by atoms with Gasteiger partial charge in [-0.2, -0.15) is 0 Å². The Hall–Kier alpha value is -1.60. The molecule has 0 spiro atoms. The molecule has 1 fully saturated rings. The molecule has 0 bridgehead atoms. The smallest absolute Gasteiger partial charge is 0.318 e. The number of carbonyl (C=O) groups is 2. The largest absolute Gasteiger partial charge is 0.388 e. The van der Waals surface area contributed by atoms with Crippen molar-refractivity contribution in [3.8, 4) is 0 Å². The van der Waals surface area contributed by atoms with E-state index in [0.717, 1.165) is 4.88 Å². The molecule has 2 heterocycles. The maximum atomic E-state index is 12.8. The fourth-order valence-corrected chi connectivity index (χ4v) is 4.31. The Kier molecular flexibility index (Phi) is 6.58. The highest BCUT2D eigenvalue weighted by Gasteiger charge is 2.48. The van der Waals surface area contributed by atoms with Gasteiger partial charge in [0.25, 0.3) is 0 Å². The average molecular weight is 396 g/mol. The number of urea groups is 1. The fourth-order valence-electron chi connectivity index (χ4n) is 3.44. The van der Waals surface area contributed by atoms with Crippen LogP contribution in [0.1, 0.15) is 65.3 Å². The third-order valence-electron chi connectivity index (χ3n) is 4.70. The monoisotopic (exact) mass is 395 g/mol. The predicted molar refractivity (Wildman–Crippen MR) is 109 cm³/mol. The van der Waals surface area contributed by atoms with Crippen LogP contribution in [0.25, 0.3) is 0 Å². The van der Waals surface area contributed by atoms with Crippen LogP contribution in [0.5, 0.6) is 0 Å². The van der Waals surface area contributed by atoms with Crippen molar-refractivity contribution in [2.75, 3.05) is 6.54 Å². The molecule has 27 heavy (non-hydrogen) atoms. The molecule has 1 aliphatic heterocycles. The van der Waals surface area contributed by atoms with Crippen LogP contribution in [0.3, 0.4) is 0 Å². The number of hydrogen-bond acceptors (Lipinski definition) is 4. The minimum Gasteiger partial charge on any atom is -0.388 e. The number of carbonyl (C=O) groups excluding carboxylic acids is 2. The van der Waals surface area contributed by atoms with E-state index < -0.39 is 17.7 Å². The highest BCUT2D eigenvalue weighted by molar-refractivity contribution is 7.10. The molecular weight excluding hydrogens is 362 g/mol. The van der Waals surface area contributed by atoms with Gasteiger partial charge >= 0.3 is 6.03 Å². The van der Waals surface area contributed by atoms with E-state index in [1.165, 1.54) is 11.3 Å². The van der Waals surface area contributed by atoms with E-state index in [4.69, 9.17) is 0 Å². The first kappa shape index (κ1) is 21.7. The third-order valence-corrected chi connectivity index (χ3v) is 5.64. The Morgan fingerprint density at radius 3 is 2.59 bits per heavy atom. The number of hydrogen-bond donors (Lipinski definition) is 3. The lowest BCUT2D eigenvalue weighted by Gasteiger charge is -2.48. The van der Waals surface area contributed by atoms with Gasteiger partial charge in [-0.1, -0.05) is 26.8 Å². The van der Waals surface area contributed by atoms with Crippen LogP contribution >= 0.6 is 11.3 Å². The van der Waals surface area contributed by atoms with Crippen LogP contribution in [-0.4, -0.2) is 46.2 Å². The summed E-state index contributed by atoms with van der Waals surface area (Å²) in [5.74, 6) is -0.111. The van der Waals surface area contributed by atoms with Crippen molar-refractivity contribution in [1.82, 2.24) is 15.5 Å². The molecule has 7 heteroatoms. The van der Waals surface area contributed by atoms with Gasteiger partial charge in [-0.05, 0) is 44.1 Å². The molecule has 1 saturated heterocycles. The number of rotatable bonds is 4. The molecule has 0 aliphatic carbocycles. The lowest BCUT2D eigenvalue weighted by Crippen LogP contribution is -2.64. The van der Waals surface area contributed by atoms with Crippen LogP contribution in [0, 0.1) is 5.41 Å². The molecule has 1 aromatic rings. The topological polar surface area (TPSA) is 81.7 Å². The van der Waals surface area contributed by atoms with E-state index in [9.17, 15) is 14.7 Å². The standard InChI is InChI=1S/C20H33N3O3S/c1-13(2)21-18(25)23-10-9-20(6,26)17(16(23)14-8-7-11-27-14)22-15(24)12-19(3,4)5/h7-8,11,13,16-17,26H,9-10,12H2,1-6H3,(H,21,25)(H,22,24). The molecule has 0 aromatic carbocycles. The van der Waals surface area contributed by atoms with Gasteiger partial charge in [-0.25, -0.2) is 4.79 Å². The Morgan fingerprint density at radius 2 is 2.07 bits per heavy atom. The number of nitrogens with zero attached hydrogens (tertiary/aromatic N) is 1. The maximum absolute atomic E-state index is 12.8. The van der Waals surface area contributed by atoms with E-state index in [0.29, 0.717) is 19.4 Å². The average Bonchev–Trinajstić information content (AvgIpc) is 3.00. The van der Waals surface area contributed by atoms with E-state index in [2.05, 4.69) is 10.6 Å². The van der Waals surface area contributed by atoms with E-state index in [1.807, 2.05) is 52.1 Å². The molecule has 0 saturated carbocycles. The number of thiophene rings is 1. The van der Waals surface area contributed by atoms with Gasteiger partial charge in [-0.15, -0.1) is 11.3 Å².